The molecule has 4 nitrogen and oxygen atoms in total. The average molecular weight is 626 g/mol. The van der Waals surface area contributed by atoms with E-state index in [1.807, 2.05) is 60.7 Å². The molecule has 1 aliphatic rings. The first-order chi connectivity index (χ1) is 15.9. The second-order valence-electron chi connectivity index (χ2n) is 6.91. The maximum Gasteiger partial charge on any atom is 0.270 e. The number of benzene rings is 3. The van der Waals surface area contributed by atoms with Gasteiger partial charge in [0, 0.05) is 15.1 Å². The number of halogens is 3. The number of amides is 1. The number of carbonyl (C=O) groups is 1. The van der Waals surface area contributed by atoms with Gasteiger partial charge in [0.15, 0.2) is 15.8 Å². The Kier molecular flexibility index (Phi) is 7.81. The Bertz CT molecular complexity index is 1280. The van der Waals surface area contributed by atoms with Crippen LogP contribution in [0.15, 0.2) is 74.5 Å². The summed E-state index contributed by atoms with van der Waals surface area (Å²) >= 11 is 20.0. The number of hydrogen-bond acceptors (Lipinski definition) is 5. The molecule has 0 N–H and O–H groups in total. The monoisotopic (exact) mass is 623 g/mol. The van der Waals surface area contributed by atoms with E-state index in [-0.39, 0.29) is 5.91 Å². The third-order valence-corrected chi connectivity index (χ3v) is 7.49. The van der Waals surface area contributed by atoms with Gasteiger partial charge in [-0.05, 0) is 64.0 Å². The van der Waals surface area contributed by atoms with Crippen LogP contribution in [0.1, 0.15) is 11.1 Å². The highest BCUT2D eigenvalue weighted by molar-refractivity contribution is 9.10. The van der Waals surface area contributed by atoms with Crippen LogP contribution in [-0.2, 0) is 11.4 Å². The second-order valence-corrected chi connectivity index (χ2v) is 10.8. The summed E-state index contributed by atoms with van der Waals surface area (Å²) in [6, 6.07) is 18.7. The molecule has 0 radical (unpaired) electrons. The number of thiocarbonyl (C=S) groups is 1. The summed E-state index contributed by atoms with van der Waals surface area (Å²) in [5, 5.41) is 0.636. The van der Waals surface area contributed by atoms with Gasteiger partial charge in [0.05, 0.1) is 22.2 Å². The van der Waals surface area contributed by atoms with Crippen molar-refractivity contribution in [1.29, 1.82) is 0 Å². The van der Waals surface area contributed by atoms with Gasteiger partial charge >= 0.3 is 0 Å². The van der Waals surface area contributed by atoms with Crippen LogP contribution in [-0.4, -0.2) is 17.3 Å². The standard InChI is InChI=1S/C24H16Br2ClNO3S2/c1-30-20-10-14(9-18(26)22(20)31-13-15-5-2-3-8-19(15)27)11-21-23(29)28(24(32)33-21)17-7-4-6-16(25)12-17/h2-12H,13H2,1H3. The number of hydrogen-bond donors (Lipinski definition) is 0. The Labute approximate surface area is 223 Å². The minimum Gasteiger partial charge on any atom is -0.493 e. The van der Waals surface area contributed by atoms with Crippen molar-refractivity contribution in [3.8, 4) is 11.5 Å². The topological polar surface area (TPSA) is 38.8 Å². The van der Waals surface area contributed by atoms with Gasteiger partial charge in [-0.15, -0.1) is 0 Å². The summed E-state index contributed by atoms with van der Waals surface area (Å²) in [5.74, 6) is 0.915. The first-order valence-corrected chi connectivity index (χ1v) is 12.8. The van der Waals surface area contributed by atoms with Gasteiger partial charge in [0.1, 0.15) is 6.61 Å². The molecule has 0 aliphatic carbocycles. The SMILES string of the molecule is COc1cc(C=C2SC(=S)N(c3cccc(Br)c3)C2=O)cc(Br)c1OCc1ccccc1Cl. The van der Waals surface area contributed by atoms with E-state index >= 15 is 0 Å². The van der Waals surface area contributed by atoms with Crippen molar-refractivity contribution in [1.82, 2.24) is 0 Å². The first kappa shape index (κ1) is 24.3. The number of nitrogens with zero attached hydrogens (tertiary/aromatic N) is 1. The number of rotatable bonds is 6. The zero-order valence-corrected chi connectivity index (χ0v) is 22.7. The summed E-state index contributed by atoms with van der Waals surface area (Å²) < 4.78 is 13.6. The smallest absolute Gasteiger partial charge is 0.270 e. The van der Waals surface area contributed by atoms with Gasteiger partial charge in [-0.2, -0.15) is 0 Å². The quantitative estimate of drug-likeness (QED) is 0.206. The highest BCUT2D eigenvalue weighted by atomic mass is 79.9. The van der Waals surface area contributed by atoms with Gasteiger partial charge in [0.2, 0.25) is 0 Å². The third kappa shape index (κ3) is 5.46. The average Bonchev–Trinajstić information content (AvgIpc) is 3.06. The van der Waals surface area contributed by atoms with Crippen LogP contribution in [0.2, 0.25) is 5.02 Å². The molecule has 33 heavy (non-hydrogen) atoms. The Morgan fingerprint density at radius 3 is 2.64 bits per heavy atom. The fourth-order valence-electron chi connectivity index (χ4n) is 3.19. The molecule has 0 bridgehead atoms. The van der Waals surface area contributed by atoms with E-state index in [1.54, 1.807) is 13.2 Å². The van der Waals surface area contributed by atoms with Crippen molar-refractivity contribution in [2.75, 3.05) is 12.0 Å². The lowest BCUT2D eigenvalue weighted by atomic mass is 10.1. The highest BCUT2D eigenvalue weighted by Crippen LogP contribution is 2.41. The number of anilines is 1. The van der Waals surface area contributed by atoms with Crippen molar-refractivity contribution < 1.29 is 14.3 Å². The van der Waals surface area contributed by atoms with Gasteiger partial charge in [-0.1, -0.05) is 75.8 Å². The van der Waals surface area contributed by atoms with Crippen LogP contribution >= 0.6 is 67.4 Å². The van der Waals surface area contributed by atoms with E-state index in [1.165, 1.54) is 16.7 Å². The zero-order valence-electron chi connectivity index (χ0n) is 17.2. The molecular weight excluding hydrogens is 610 g/mol. The summed E-state index contributed by atoms with van der Waals surface area (Å²) in [7, 11) is 1.57. The van der Waals surface area contributed by atoms with Gasteiger partial charge < -0.3 is 9.47 Å². The van der Waals surface area contributed by atoms with Crippen LogP contribution in [0.3, 0.4) is 0 Å². The highest BCUT2D eigenvalue weighted by Gasteiger charge is 2.33. The minimum absolute atomic E-state index is 0.169. The van der Waals surface area contributed by atoms with E-state index in [0.717, 1.165) is 21.3 Å². The van der Waals surface area contributed by atoms with E-state index in [2.05, 4.69) is 31.9 Å². The molecule has 0 aromatic heterocycles. The summed E-state index contributed by atoms with van der Waals surface area (Å²) in [5.41, 5.74) is 2.37. The van der Waals surface area contributed by atoms with E-state index < -0.39 is 0 Å². The van der Waals surface area contributed by atoms with Crippen molar-refractivity contribution in [2.45, 2.75) is 6.61 Å². The molecule has 1 saturated heterocycles. The number of methoxy groups -OCH3 is 1. The van der Waals surface area contributed by atoms with Crippen LogP contribution in [0.25, 0.3) is 6.08 Å². The molecule has 0 atom stereocenters. The summed E-state index contributed by atoms with van der Waals surface area (Å²) in [6.07, 6.45) is 1.79. The fraction of sp³-hybridized carbons (Fsp3) is 0.0833. The summed E-state index contributed by atoms with van der Waals surface area (Å²) in [4.78, 5) is 15.1. The lowest BCUT2D eigenvalue weighted by molar-refractivity contribution is -0.113. The van der Waals surface area contributed by atoms with E-state index in [9.17, 15) is 4.79 Å². The largest absolute Gasteiger partial charge is 0.493 e. The number of thioether (sulfide) groups is 1. The van der Waals surface area contributed by atoms with E-state index in [4.69, 9.17) is 33.3 Å². The number of ether oxygens (including phenoxy) is 2. The normalized spacial score (nSPS) is 14.8. The Balaban J connectivity index is 1.59. The molecule has 1 fully saturated rings. The zero-order chi connectivity index (χ0) is 23.5. The molecule has 0 unspecified atom stereocenters. The van der Waals surface area contributed by atoms with Crippen LogP contribution in [0, 0.1) is 0 Å². The first-order valence-electron chi connectivity index (χ1n) is 9.64. The van der Waals surface area contributed by atoms with E-state index in [0.29, 0.717) is 36.8 Å². The van der Waals surface area contributed by atoms with Gasteiger partial charge in [-0.25, -0.2) is 0 Å². The molecule has 168 valence electrons. The minimum atomic E-state index is -0.169. The molecule has 9 heteroatoms. The fourth-order valence-corrected chi connectivity index (χ4v) is 5.64. The van der Waals surface area contributed by atoms with Crippen molar-refractivity contribution in [2.24, 2.45) is 0 Å². The third-order valence-electron chi connectivity index (χ3n) is 4.74. The molecule has 1 heterocycles. The Hall–Kier alpha value is -1.84. The molecule has 4 rings (SSSR count). The maximum absolute atomic E-state index is 13.1. The van der Waals surface area contributed by atoms with Crippen LogP contribution in [0.4, 0.5) is 5.69 Å². The van der Waals surface area contributed by atoms with Crippen LogP contribution in [0.5, 0.6) is 11.5 Å². The Morgan fingerprint density at radius 2 is 1.91 bits per heavy atom. The molecule has 3 aromatic carbocycles. The Morgan fingerprint density at radius 1 is 1.12 bits per heavy atom. The van der Waals surface area contributed by atoms with Crippen molar-refractivity contribution in [3.05, 3.63) is 90.7 Å². The molecule has 1 amide bonds. The molecular formula is C24H16Br2ClNO3S2. The predicted molar refractivity (Wildman–Crippen MR) is 146 cm³/mol. The molecule has 0 spiro atoms. The van der Waals surface area contributed by atoms with Gasteiger partial charge in [0.25, 0.3) is 5.91 Å². The number of carbonyl (C=O) groups excluding carboxylic acids is 1. The molecule has 3 aromatic rings. The maximum atomic E-state index is 13.1. The molecule has 0 saturated carbocycles. The second kappa shape index (κ2) is 10.6. The lowest BCUT2D eigenvalue weighted by Crippen LogP contribution is -2.27. The van der Waals surface area contributed by atoms with Gasteiger partial charge in [-0.3, -0.25) is 9.69 Å². The predicted octanol–water partition coefficient (Wildman–Crippen LogP) is 7.86. The van der Waals surface area contributed by atoms with Crippen LogP contribution < -0.4 is 14.4 Å². The molecule has 1 aliphatic heterocycles. The lowest BCUT2D eigenvalue weighted by Gasteiger charge is -2.15. The van der Waals surface area contributed by atoms with Crippen molar-refractivity contribution in [3.63, 3.8) is 0 Å². The summed E-state index contributed by atoms with van der Waals surface area (Å²) in [6.45, 7) is 0.291. The van der Waals surface area contributed by atoms with Crippen molar-refractivity contribution >= 4 is 89.4 Å².